The predicted molar refractivity (Wildman–Crippen MR) is 99.6 cm³/mol. The standard InChI is InChI=1S/C21H19NO4/c23-21(24)22-18-12-7-13-19(25-14-16-8-3-1-4-9-16)20(18)26-15-17-10-5-2-6-11-17/h1-13,22H,14-15H2,(H,23,24). The van der Waals surface area contributed by atoms with Crippen LogP contribution in [0.4, 0.5) is 10.5 Å². The maximum Gasteiger partial charge on any atom is 0.409 e. The molecule has 0 saturated heterocycles. The lowest BCUT2D eigenvalue weighted by Gasteiger charge is -2.16. The molecule has 0 bridgehead atoms. The van der Waals surface area contributed by atoms with E-state index in [0.29, 0.717) is 30.4 Å². The molecule has 0 unspecified atom stereocenters. The van der Waals surface area contributed by atoms with Crippen molar-refractivity contribution in [2.45, 2.75) is 13.2 Å². The van der Waals surface area contributed by atoms with Gasteiger partial charge in [0.25, 0.3) is 0 Å². The quantitative estimate of drug-likeness (QED) is 0.634. The Morgan fingerprint density at radius 2 is 1.35 bits per heavy atom. The van der Waals surface area contributed by atoms with Crippen LogP contribution in [0, 0.1) is 0 Å². The number of nitrogens with one attached hydrogen (secondary N) is 1. The fraction of sp³-hybridized carbons (Fsp3) is 0.0952. The molecule has 2 N–H and O–H groups in total. The van der Waals surface area contributed by atoms with Gasteiger partial charge in [-0.15, -0.1) is 0 Å². The third-order valence-corrected chi connectivity index (χ3v) is 3.68. The minimum atomic E-state index is -1.16. The zero-order valence-electron chi connectivity index (χ0n) is 14.1. The summed E-state index contributed by atoms with van der Waals surface area (Å²) in [7, 11) is 0. The smallest absolute Gasteiger partial charge is 0.409 e. The highest BCUT2D eigenvalue weighted by molar-refractivity contribution is 5.86. The number of para-hydroxylation sites is 1. The van der Waals surface area contributed by atoms with Crippen molar-refractivity contribution in [3.63, 3.8) is 0 Å². The number of hydrogen-bond acceptors (Lipinski definition) is 3. The van der Waals surface area contributed by atoms with Crippen LogP contribution in [0.2, 0.25) is 0 Å². The van der Waals surface area contributed by atoms with Crippen LogP contribution in [0.5, 0.6) is 11.5 Å². The van der Waals surface area contributed by atoms with Crippen molar-refractivity contribution in [2.75, 3.05) is 5.32 Å². The van der Waals surface area contributed by atoms with Crippen LogP contribution in [-0.2, 0) is 13.2 Å². The van der Waals surface area contributed by atoms with Gasteiger partial charge in [0, 0.05) is 0 Å². The number of carboxylic acid groups (broad SMARTS) is 1. The molecule has 1 amide bonds. The van der Waals surface area contributed by atoms with Crippen molar-refractivity contribution in [2.24, 2.45) is 0 Å². The summed E-state index contributed by atoms with van der Waals surface area (Å²) in [5.41, 5.74) is 2.34. The third kappa shape index (κ3) is 4.77. The molecular weight excluding hydrogens is 330 g/mol. The summed E-state index contributed by atoms with van der Waals surface area (Å²) in [4.78, 5) is 11.1. The zero-order valence-corrected chi connectivity index (χ0v) is 14.1. The topological polar surface area (TPSA) is 67.8 Å². The van der Waals surface area contributed by atoms with Crippen LogP contribution in [0.15, 0.2) is 78.9 Å². The molecule has 0 fully saturated rings. The van der Waals surface area contributed by atoms with E-state index in [0.717, 1.165) is 11.1 Å². The molecule has 26 heavy (non-hydrogen) atoms. The van der Waals surface area contributed by atoms with E-state index in [2.05, 4.69) is 5.32 Å². The fourth-order valence-electron chi connectivity index (χ4n) is 2.46. The zero-order chi connectivity index (χ0) is 18.2. The summed E-state index contributed by atoms with van der Waals surface area (Å²) in [6.45, 7) is 0.667. The highest BCUT2D eigenvalue weighted by Crippen LogP contribution is 2.36. The maximum absolute atomic E-state index is 11.1. The summed E-state index contributed by atoms with van der Waals surface area (Å²) in [6.07, 6.45) is -1.16. The lowest BCUT2D eigenvalue weighted by Crippen LogP contribution is -2.10. The number of amides is 1. The molecule has 3 aromatic rings. The molecule has 0 aliphatic carbocycles. The first kappa shape index (κ1) is 17.4. The van der Waals surface area contributed by atoms with Crippen molar-refractivity contribution in [3.8, 4) is 11.5 Å². The Morgan fingerprint density at radius 1 is 0.769 bits per heavy atom. The molecule has 3 aromatic carbocycles. The van der Waals surface area contributed by atoms with Crippen LogP contribution < -0.4 is 14.8 Å². The number of ether oxygens (including phenoxy) is 2. The summed E-state index contributed by atoms with van der Waals surface area (Å²) in [5, 5.41) is 11.4. The molecule has 0 atom stereocenters. The van der Waals surface area contributed by atoms with Gasteiger partial charge in [-0.3, -0.25) is 5.32 Å². The van der Waals surface area contributed by atoms with Gasteiger partial charge in [0.05, 0.1) is 5.69 Å². The van der Waals surface area contributed by atoms with Gasteiger partial charge in [-0.05, 0) is 23.3 Å². The Balaban J connectivity index is 1.81. The van der Waals surface area contributed by atoms with Crippen molar-refractivity contribution in [3.05, 3.63) is 90.0 Å². The van der Waals surface area contributed by atoms with Crippen LogP contribution >= 0.6 is 0 Å². The highest BCUT2D eigenvalue weighted by Gasteiger charge is 2.14. The SMILES string of the molecule is O=C(O)Nc1cccc(OCc2ccccc2)c1OCc1ccccc1. The Bertz CT molecular complexity index is 850. The minimum Gasteiger partial charge on any atom is -0.485 e. The minimum absolute atomic E-state index is 0.306. The number of carbonyl (C=O) groups is 1. The molecule has 0 radical (unpaired) electrons. The number of rotatable bonds is 7. The lowest BCUT2D eigenvalue weighted by atomic mass is 10.2. The molecule has 0 aliphatic heterocycles. The summed E-state index contributed by atoms with van der Waals surface area (Å²) in [5.74, 6) is 0.853. The molecule has 3 rings (SSSR count). The van der Waals surface area contributed by atoms with Crippen molar-refractivity contribution < 1.29 is 19.4 Å². The fourth-order valence-corrected chi connectivity index (χ4v) is 2.46. The van der Waals surface area contributed by atoms with Gasteiger partial charge in [0.15, 0.2) is 11.5 Å². The molecule has 0 heterocycles. The normalized spacial score (nSPS) is 10.2. The average Bonchev–Trinajstić information content (AvgIpc) is 2.67. The van der Waals surface area contributed by atoms with E-state index in [1.165, 1.54) is 0 Å². The van der Waals surface area contributed by atoms with E-state index >= 15 is 0 Å². The number of anilines is 1. The molecule has 0 aliphatic rings. The Morgan fingerprint density at radius 3 is 1.92 bits per heavy atom. The molecular formula is C21H19NO4. The Labute approximate surface area is 151 Å². The van der Waals surface area contributed by atoms with E-state index in [4.69, 9.17) is 14.6 Å². The van der Waals surface area contributed by atoms with Gasteiger partial charge in [-0.25, -0.2) is 4.79 Å². The number of benzene rings is 3. The second kappa shape index (κ2) is 8.58. The maximum atomic E-state index is 11.1. The van der Waals surface area contributed by atoms with Gasteiger partial charge in [-0.2, -0.15) is 0 Å². The van der Waals surface area contributed by atoms with Gasteiger partial charge in [0.1, 0.15) is 13.2 Å². The van der Waals surface area contributed by atoms with E-state index in [1.807, 2.05) is 60.7 Å². The lowest BCUT2D eigenvalue weighted by molar-refractivity contribution is 0.209. The largest absolute Gasteiger partial charge is 0.485 e. The van der Waals surface area contributed by atoms with E-state index < -0.39 is 6.09 Å². The predicted octanol–water partition coefficient (Wildman–Crippen LogP) is 4.93. The van der Waals surface area contributed by atoms with Gasteiger partial charge >= 0.3 is 6.09 Å². The summed E-state index contributed by atoms with van der Waals surface area (Å²) < 4.78 is 11.8. The second-order valence-corrected chi connectivity index (χ2v) is 5.61. The highest BCUT2D eigenvalue weighted by atomic mass is 16.5. The molecule has 0 spiro atoms. The van der Waals surface area contributed by atoms with E-state index in [9.17, 15) is 4.79 Å². The molecule has 132 valence electrons. The first-order valence-electron chi connectivity index (χ1n) is 8.19. The van der Waals surface area contributed by atoms with Crippen LogP contribution in [-0.4, -0.2) is 11.2 Å². The second-order valence-electron chi connectivity index (χ2n) is 5.61. The van der Waals surface area contributed by atoms with Gasteiger partial charge in [0.2, 0.25) is 0 Å². The van der Waals surface area contributed by atoms with Gasteiger partial charge in [-0.1, -0.05) is 66.7 Å². The van der Waals surface area contributed by atoms with Crippen molar-refractivity contribution in [1.82, 2.24) is 0 Å². The summed E-state index contributed by atoms with van der Waals surface area (Å²) in [6, 6.07) is 24.5. The Kier molecular flexibility index (Phi) is 5.72. The average molecular weight is 349 g/mol. The van der Waals surface area contributed by atoms with E-state index in [-0.39, 0.29) is 0 Å². The van der Waals surface area contributed by atoms with Crippen LogP contribution in [0.3, 0.4) is 0 Å². The van der Waals surface area contributed by atoms with E-state index in [1.54, 1.807) is 18.2 Å². The van der Waals surface area contributed by atoms with Gasteiger partial charge < -0.3 is 14.6 Å². The van der Waals surface area contributed by atoms with Crippen molar-refractivity contribution in [1.29, 1.82) is 0 Å². The number of hydrogen-bond donors (Lipinski definition) is 2. The molecule has 5 nitrogen and oxygen atoms in total. The monoisotopic (exact) mass is 349 g/mol. The van der Waals surface area contributed by atoms with Crippen LogP contribution in [0.25, 0.3) is 0 Å². The summed E-state index contributed by atoms with van der Waals surface area (Å²) >= 11 is 0. The first-order chi connectivity index (χ1) is 12.7. The van der Waals surface area contributed by atoms with Crippen molar-refractivity contribution >= 4 is 11.8 Å². The Hall–Kier alpha value is -3.47. The molecule has 5 heteroatoms. The third-order valence-electron chi connectivity index (χ3n) is 3.68. The first-order valence-corrected chi connectivity index (χ1v) is 8.19. The molecule has 0 saturated carbocycles. The molecule has 0 aromatic heterocycles. The van der Waals surface area contributed by atoms with Crippen LogP contribution in [0.1, 0.15) is 11.1 Å².